The van der Waals surface area contributed by atoms with Crippen LogP contribution in [0.5, 0.6) is 11.5 Å². The van der Waals surface area contributed by atoms with Gasteiger partial charge in [-0.3, -0.25) is 0 Å². The number of nitrogens with zero attached hydrogens (tertiary/aromatic N) is 1. The Hall–Kier alpha value is -2.38. The third-order valence-corrected chi connectivity index (χ3v) is 3.05. The summed E-state index contributed by atoms with van der Waals surface area (Å²) >= 11 is 0. The second-order valence-corrected chi connectivity index (χ2v) is 4.41. The summed E-state index contributed by atoms with van der Waals surface area (Å²) in [5.74, 6) is 0.352. The van der Waals surface area contributed by atoms with E-state index in [1.54, 1.807) is 18.2 Å². The number of nitrogens with two attached hydrogens (primary N) is 1. The highest BCUT2D eigenvalue weighted by Gasteiger charge is 2.11. The van der Waals surface area contributed by atoms with E-state index in [0.29, 0.717) is 11.5 Å². The molecule has 0 fully saturated rings. The van der Waals surface area contributed by atoms with Crippen molar-refractivity contribution in [2.45, 2.75) is 19.4 Å². The monoisotopic (exact) mass is 270 g/mol. The van der Waals surface area contributed by atoms with Gasteiger partial charge in [0.2, 0.25) is 0 Å². The number of halogens is 1. The van der Waals surface area contributed by atoms with E-state index >= 15 is 0 Å². The molecule has 0 spiro atoms. The van der Waals surface area contributed by atoms with E-state index in [1.807, 2.05) is 25.1 Å². The lowest BCUT2D eigenvalue weighted by Gasteiger charge is -2.15. The van der Waals surface area contributed by atoms with E-state index in [0.717, 1.165) is 12.0 Å². The summed E-state index contributed by atoms with van der Waals surface area (Å²) in [5.41, 5.74) is 6.90. The molecule has 0 aliphatic rings. The molecule has 0 aromatic heterocycles. The zero-order valence-corrected chi connectivity index (χ0v) is 11.1. The van der Waals surface area contributed by atoms with Crippen LogP contribution in [0.1, 0.15) is 30.5 Å². The highest BCUT2D eigenvalue weighted by Crippen LogP contribution is 2.30. The highest BCUT2D eigenvalue weighted by atomic mass is 19.1. The summed E-state index contributed by atoms with van der Waals surface area (Å²) in [6, 6.07) is 13.2. The summed E-state index contributed by atoms with van der Waals surface area (Å²) in [5, 5.41) is 8.70. The average molecular weight is 270 g/mol. The molecule has 102 valence electrons. The zero-order valence-electron chi connectivity index (χ0n) is 11.1. The predicted molar refractivity (Wildman–Crippen MR) is 74.9 cm³/mol. The molecule has 1 unspecified atom stereocenters. The molecule has 0 saturated heterocycles. The molecule has 0 aliphatic carbocycles. The molecule has 2 N–H and O–H groups in total. The molecule has 0 radical (unpaired) electrons. The van der Waals surface area contributed by atoms with Crippen LogP contribution in [-0.4, -0.2) is 0 Å². The molecule has 0 heterocycles. The van der Waals surface area contributed by atoms with Crippen molar-refractivity contribution in [3.8, 4) is 17.6 Å². The van der Waals surface area contributed by atoms with Crippen molar-refractivity contribution in [1.82, 2.24) is 0 Å². The number of ether oxygens (including phenoxy) is 1. The normalized spacial score (nSPS) is 11.7. The van der Waals surface area contributed by atoms with Crippen molar-refractivity contribution < 1.29 is 9.13 Å². The third kappa shape index (κ3) is 2.95. The van der Waals surface area contributed by atoms with Crippen LogP contribution in [0, 0.1) is 17.1 Å². The fraction of sp³-hybridized carbons (Fsp3) is 0.188. The Labute approximate surface area is 117 Å². The minimum Gasteiger partial charge on any atom is -0.457 e. The van der Waals surface area contributed by atoms with Gasteiger partial charge >= 0.3 is 0 Å². The van der Waals surface area contributed by atoms with Gasteiger partial charge in [0.1, 0.15) is 23.4 Å². The topological polar surface area (TPSA) is 59.0 Å². The zero-order chi connectivity index (χ0) is 14.5. The molecule has 2 aromatic rings. The van der Waals surface area contributed by atoms with Gasteiger partial charge in [-0.2, -0.15) is 5.26 Å². The molecule has 0 saturated carbocycles. The number of para-hydroxylation sites is 1. The lowest BCUT2D eigenvalue weighted by Crippen LogP contribution is -2.09. The molecule has 4 heteroatoms. The number of hydrogen-bond acceptors (Lipinski definition) is 3. The number of nitriles is 1. The van der Waals surface area contributed by atoms with E-state index in [9.17, 15) is 4.39 Å². The first kappa shape index (κ1) is 14.0. The molecule has 0 amide bonds. The number of rotatable bonds is 4. The second-order valence-electron chi connectivity index (χ2n) is 4.41. The van der Waals surface area contributed by atoms with Crippen molar-refractivity contribution >= 4 is 0 Å². The minimum atomic E-state index is -0.595. The van der Waals surface area contributed by atoms with E-state index in [4.69, 9.17) is 15.7 Å². The Bertz CT molecular complexity index is 649. The Morgan fingerprint density at radius 2 is 2.05 bits per heavy atom. The largest absolute Gasteiger partial charge is 0.457 e. The van der Waals surface area contributed by atoms with Crippen LogP contribution < -0.4 is 10.5 Å². The van der Waals surface area contributed by atoms with Crippen LogP contribution in [0.4, 0.5) is 4.39 Å². The predicted octanol–water partition coefficient (Wildman–Crippen LogP) is 3.90. The molecule has 0 aliphatic heterocycles. The molecule has 0 bridgehead atoms. The first-order valence-corrected chi connectivity index (χ1v) is 6.37. The maximum Gasteiger partial charge on any atom is 0.144 e. The van der Waals surface area contributed by atoms with E-state index in [1.165, 1.54) is 12.1 Å². The van der Waals surface area contributed by atoms with Gasteiger partial charge in [-0.1, -0.05) is 25.1 Å². The quantitative estimate of drug-likeness (QED) is 0.916. The van der Waals surface area contributed by atoms with Gasteiger partial charge in [0, 0.05) is 17.7 Å². The van der Waals surface area contributed by atoms with Gasteiger partial charge in [-0.25, -0.2) is 4.39 Å². The van der Waals surface area contributed by atoms with Gasteiger partial charge in [0.25, 0.3) is 0 Å². The van der Waals surface area contributed by atoms with Crippen molar-refractivity contribution in [3.63, 3.8) is 0 Å². The van der Waals surface area contributed by atoms with Crippen molar-refractivity contribution in [2.24, 2.45) is 5.73 Å². The van der Waals surface area contributed by atoms with E-state index < -0.39 is 5.82 Å². The van der Waals surface area contributed by atoms with Gasteiger partial charge in [0.15, 0.2) is 0 Å². The SMILES string of the molecule is CCC(N)c1ccccc1Oc1ccc(C#N)c(F)c1. The second kappa shape index (κ2) is 6.18. The van der Waals surface area contributed by atoms with Gasteiger partial charge in [0.05, 0.1) is 5.56 Å². The summed E-state index contributed by atoms with van der Waals surface area (Å²) in [6.45, 7) is 1.99. The fourth-order valence-corrected chi connectivity index (χ4v) is 1.88. The third-order valence-electron chi connectivity index (χ3n) is 3.05. The Kier molecular flexibility index (Phi) is 4.34. The molecule has 20 heavy (non-hydrogen) atoms. The van der Waals surface area contributed by atoms with Gasteiger partial charge in [-0.05, 0) is 24.6 Å². The number of hydrogen-bond donors (Lipinski definition) is 1. The lowest BCUT2D eigenvalue weighted by molar-refractivity contribution is 0.463. The maximum atomic E-state index is 13.6. The Morgan fingerprint density at radius 3 is 2.70 bits per heavy atom. The van der Waals surface area contributed by atoms with Gasteiger partial charge < -0.3 is 10.5 Å². The first-order chi connectivity index (χ1) is 9.65. The van der Waals surface area contributed by atoms with Crippen LogP contribution in [-0.2, 0) is 0 Å². The molecular formula is C16H15FN2O. The summed E-state index contributed by atoms with van der Waals surface area (Å²) in [7, 11) is 0. The lowest BCUT2D eigenvalue weighted by atomic mass is 10.0. The Morgan fingerprint density at radius 1 is 1.30 bits per heavy atom. The van der Waals surface area contributed by atoms with E-state index in [2.05, 4.69) is 0 Å². The van der Waals surface area contributed by atoms with Crippen molar-refractivity contribution in [1.29, 1.82) is 5.26 Å². The standard InChI is InChI=1S/C16H15FN2O/c1-2-15(19)13-5-3-4-6-16(13)20-12-8-7-11(10-18)14(17)9-12/h3-9,15H,2,19H2,1H3. The average Bonchev–Trinajstić information content (AvgIpc) is 2.47. The minimum absolute atomic E-state index is 0.00380. The van der Waals surface area contributed by atoms with Crippen LogP contribution >= 0.6 is 0 Å². The highest BCUT2D eigenvalue weighted by molar-refractivity contribution is 5.42. The fourth-order valence-electron chi connectivity index (χ4n) is 1.88. The number of benzene rings is 2. The molecular weight excluding hydrogens is 255 g/mol. The van der Waals surface area contributed by atoms with Crippen molar-refractivity contribution in [3.05, 3.63) is 59.4 Å². The molecule has 1 atom stereocenters. The molecule has 2 rings (SSSR count). The smallest absolute Gasteiger partial charge is 0.144 e. The van der Waals surface area contributed by atoms with Crippen LogP contribution in [0.15, 0.2) is 42.5 Å². The summed E-state index contributed by atoms with van der Waals surface area (Å²) in [6.07, 6.45) is 0.780. The molecule has 3 nitrogen and oxygen atoms in total. The van der Waals surface area contributed by atoms with Crippen LogP contribution in [0.3, 0.4) is 0 Å². The van der Waals surface area contributed by atoms with Crippen LogP contribution in [0.2, 0.25) is 0 Å². The summed E-state index contributed by atoms with van der Waals surface area (Å²) in [4.78, 5) is 0. The molecule has 2 aromatic carbocycles. The van der Waals surface area contributed by atoms with E-state index in [-0.39, 0.29) is 11.6 Å². The first-order valence-electron chi connectivity index (χ1n) is 6.37. The Balaban J connectivity index is 2.31. The maximum absolute atomic E-state index is 13.6. The van der Waals surface area contributed by atoms with Crippen LogP contribution in [0.25, 0.3) is 0 Å². The van der Waals surface area contributed by atoms with Gasteiger partial charge in [-0.15, -0.1) is 0 Å². The summed E-state index contributed by atoms with van der Waals surface area (Å²) < 4.78 is 19.2. The van der Waals surface area contributed by atoms with Crippen molar-refractivity contribution in [2.75, 3.05) is 0 Å².